The van der Waals surface area contributed by atoms with Crippen LogP contribution in [0.25, 0.3) is 0 Å². The van der Waals surface area contributed by atoms with E-state index in [0.717, 1.165) is 0 Å². The Balaban J connectivity index is 0.00000200. The summed E-state index contributed by atoms with van der Waals surface area (Å²) in [5.41, 5.74) is 5.44. The first-order valence-corrected chi connectivity index (χ1v) is 6.48. The number of nitrogens with zero attached hydrogens (tertiary/aromatic N) is 1. The molecule has 4 unspecified atom stereocenters. The standard InChI is InChI=1S/C13H20N2O4.Na/c1-4-8(14)7-5-9-13(3,6(2)16)12(19)15(9)10(7)11(17)18;/h6,8-9,16H,4-5,14H2,1-3H3,(H,17,18);/q;+1/p-1. The first-order chi connectivity index (χ1) is 8.76. The van der Waals surface area contributed by atoms with Crippen molar-refractivity contribution in [1.82, 2.24) is 4.90 Å². The van der Waals surface area contributed by atoms with Crippen LogP contribution < -0.4 is 40.4 Å². The van der Waals surface area contributed by atoms with E-state index in [-0.39, 0.29) is 47.2 Å². The molecule has 0 aromatic carbocycles. The first-order valence-electron chi connectivity index (χ1n) is 6.48. The van der Waals surface area contributed by atoms with Gasteiger partial charge in [0.05, 0.1) is 29.2 Å². The molecule has 0 aromatic heterocycles. The van der Waals surface area contributed by atoms with Gasteiger partial charge >= 0.3 is 29.6 Å². The summed E-state index contributed by atoms with van der Waals surface area (Å²) >= 11 is 0. The number of carboxylic acid groups (broad SMARTS) is 1. The number of hydrogen-bond acceptors (Lipinski definition) is 5. The van der Waals surface area contributed by atoms with Crippen LogP contribution in [0.2, 0.25) is 0 Å². The summed E-state index contributed by atoms with van der Waals surface area (Å²) < 4.78 is 0. The van der Waals surface area contributed by atoms with Gasteiger partial charge < -0.3 is 25.6 Å². The summed E-state index contributed by atoms with van der Waals surface area (Å²) in [6.07, 6.45) is 0.152. The topological polar surface area (TPSA) is 107 Å². The molecule has 2 heterocycles. The minimum Gasteiger partial charge on any atom is -0.543 e. The predicted molar refractivity (Wildman–Crippen MR) is 65.3 cm³/mol. The van der Waals surface area contributed by atoms with Crippen molar-refractivity contribution in [3.8, 4) is 0 Å². The van der Waals surface area contributed by atoms with E-state index in [1.165, 1.54) is 4.90 Å². The maximum Gasteiger partial charge on any atom is 1.00 e. The maximum atomic E-state index is 12.2. The normalized spacial score (nSPS) is 31.4. The van der Waals surface area contributed by atoms with E-state index < -0.39 is 23.5 Å². The zero-order chi connectivity index (χ0) is 14.5. The number of carbonyl (C=O) groups is 2. The number of aliphatic hydroxyl groups is 1. The van der Waals surface area contributed by atoms with Gasteiger partial charge in [-0.15, -0.1) is 0 Å². The van der Waals surface area contributed by atoms with Crippen LogP contribution in [0, 0.1) is 5.41 Å². The van der Waals surface area contributed by atoms with Gasteiger partial charge in [0.15, 0.2) is 0 Å². The number of carbonyl (C=O) groups excluding carboxylic acids is 2. The molecule has 0 saturated carbocycles. The van der Waals surface area contributed by atoms with Crippen LogP contribution in [0.1, 0.15) is 33.6 Å². The van der Waals surface area contributed by atoms with Gasteiger partial charge in [-0.3, -0.25) is 4.79 Å². The van der Waals surface area contributed by atoms with Gasteiger partial charge in [0.2, 0.25) is 5.91 Å². The monoisotopic (exact) mass is 290 g/mol. The molecule has 0 aliphatic carbocycles. The molecule has 0 bridgehead atoms. The number of aliphatic carboxylic acids is 1. The Morgan fingerprint density at radius 3 is 2.60 bits per heavy atom. The summed E-state index contributed by atoms with van der Waals surface area (Å²) in [6, 6.07) is -0.731. The average Bonchev–Trinajstić information content (AvgIpc) is 2.73. The Hall–Kier alpha value is -0.400. The molecule has 0 aromatic rings. The molecule has 4 atom stereocenters. The average molecular weight is 290 g/mol. The van der Waals surface area contributed by atoms with Gasteiger partial charge in [-0.1, -0.05) is 6.92 Å². The molecule has 1 saturated heterocycles. The number of amides is 1. The van der Waals surface area contributed by atoms with Crippen molar-refractivity contribution in [3.63, 3.8) is 0 Å². The van der Waals surface area contributed by atoms with Gasteiger partial charge in [0.25, 0.3) is 0 Å². The summed E-state index contributed by atoms with van der Waals surface area (Å²) in [5.74, 6) is -1.74. The Morgan fingerprint density at radius 1 is 1.65 bits per heavy atom. The molecule has 6 nitrogen and oxygen atoms in total. The molecular formula is C13H19N2NaO4. The summed E-state index contributed by atoms with van der Waals surface area (Å²) in [4.78, 5) is 24.7. The number of aliphatic hydroxyl groups excluding tert-OH is 1. The van der Waals surface area contributed by atoms with Crippen LogP contribution in [0.4, 0.5) is 0 Å². The number of fused-ring (bicyclic) bond motifs is 1. The minimum absolute atomic E-state index is 0. The van der Waals surface area contributed by atoms with Crippen LogP contribution in [0.5, 0.6) is 0 Å². The smallest absolute Gasteiger partial charge is 0.543 e. The van der Waals surface area contributed by atoms with E-state index >= 15 is 0 Å². The van der Waals surface area contributed by atoms with E-state index in [9.17, 15) is 19.8 Å². The van der Waals surface area contributed by atoms with Crippen molar-refractivity contribution in [3.05, 3.63) is 11.3 Å². The van der Waals surface area contributed by atoms with Gasteiger partial charge in [-0.05, 0) is 32.3 Å². The van der Waals surface area contributed by atoms with Crippen LogP contribution in [-0.4, -0.2) is 40.1 Å². The zero-order valence-corrected chi connectivity index (χ0v) is 14.3. The van der Waals surface area contributed by atoms with E-state index in [1.807, 2.05) is 6.92 Å². The molecule has 2 aliphatic rings. The van der Waals surface area contributed by atoms with Crippen LogP contribution in [0.15, 0.2) is 11.3 Å². The van der Waals surface area contributed by atoms with Gasteiger partial charge in [0.1, 0.15) is 0 Å². The van der Waals surface area contributed by atoms with Gasteiger partial charge in [-0.25, -0.2) is 0 Å². The van der Waals surface area contributed by atoms with Crippen molar-refractivity contribution < 1.29 is 49.4 Å². The fraction of sp³-hybridized carbons (Fsp3) is 0.692. The third-order valence-corrected chi connectivity index (χ3v) is 4.59. The Morgan fingerprint density at radius 2 is 2.20 bits per heavy atom. The van der Waals surface area contributed by atoms with Crippen LogP contribution >= 0.6 is 0 Å². The number of β-lactam (4-membered cyclic amide) rings is 1. The van der Waals surface area contributed by atoms with E-state index in [2.05, 4.69) is 0 Å². The zero-order valence-electron chi connectivity index (χ0n) is 12.3. The van der Waals surface area contributed by atoms with E-state index in [0.29, 0.717) is 18.4 Å². The second-order valence-corrected chi connectivity index (χ2v) is 5.53. The van der Waals surface area contributed by atoms with E-state index in [1.54, 1.807) is 13.8 Å². The Bertz CT molecular complexity index is 477. The number of rotatable bonds is 4. The second kappa shape index (κ2) is 5.77. The molecule has 106 valence electrons. The molecular weight excluding hydrogens is 271 g/mol. The number of nitrogens with two attached hydrogens (primary N) is 1. The van der Waals surface area contributed by atoms with Crippen molar-refractivity contribution in [2.24, 2.45) is 11.1 Å². The fourth-order valence-corrected chi connectivity index (χ4v) is 3.03. The summed E-state index contributed by atoms with van der Waals surface area (Å²) in [6.45, 7) is 5.07. The van der Waals surface area contributed by atoms with E-state index in [4.69, 9.17) is 5.73 Å². The molecule has 0 radical (unpaired) electrons. The Labute approximate surface area is 140 Å². The van der Waals surface area contributed by atoms with Gasteiger partial charge in [-0.2, -0.15) is 0 Å². The molecule has 1 fully saturated rings. The SMILES string of the molecule is CCC(N)C1=C(C(=O)[O-])N2C(=O)C(C)(C(C)O)C2C1.[Na+]. The summed E-state index contributed by atoms with van der Waals surface area (Å²) in [5, 5.41) is 21.1. The Kier molecular flexibility index (Phi) is 5.09. The summed E-state index contributed by atoms with van der Waals surface area (Å²) in [7, 11) is 0. The van der Waals surface area contributed by atoms with Crippen LogP contribution in [0.3, 0.4) is 0 Å². The number of carboxylic acids is 1. The minimum atomic E-state index is -1.37. The maximum absolute atomic E-state index is 12.2. The van der Waals surface area contributed by atoms with Crippen LogP contribution in [-0.2, 0) is 9.59 Å². The largest absolute Gasteiger partial charge is 1.00 e. The predicted octanol–water partition coefficient (Wildman–Crippen LogP) is -4.27. The van der Waals surface area contributed by atoms with Gasteiger partial charge in [0, 0.05) is 6.04 Å². The molecule has 2 rings (SSSR count). The third-order valence-electron chi connectivity index (χ3n) is 4.59. The molecule has 0 spiro atoms. The molecule has 7 heteroatoms. The molecule has 1 amide bonds. The molecule has 2 aliphatic heterocycles. The van der Waals surface area contributed by atoms with Crippen molar-refractivity contribution in [2.75, 3.05) is 0 Å². The van der Waals surface area contributed by atoms with Crippen molar-refractivity contribution in [2.45, 2.75) is 51.8 Å². The second-order valence-electron chi connectivity index (χ2n) is 5.53. The number of hydrogen-bond donors (Lipinski definition) is 2. The molecule has 20 heavy (non-hydrogen) atoms. The third kappa shape index (κ3) is 2.14. The van der Waals surface area contributed by atoms with Crippen molar-refractivity contribution >= 4 is 11.9 Å². The molecule has 3 N–H and O–H groups in total. The fourth-order valence-electron chi connectivity index (χ4n) is 3.03. The van der Waals surface area contributed by atoms with Crippen molar-refractivity contribution in [1.29, 1.82) is 0 Å². The quantitative estimate of drug-likeness (QED) is 0.403. The first kappa shape index (κ1) is 17.7.